The van der Waals surface area contributed by atoms with E-state index in [1.54, 1.807) is 35.2 Å². The Bertz CT molecular complexity index is 942. The van der Waals surface area contributed by atoms with Crippen molar-refractivity contribution in [3.8, 4) is 0 Å². The molecule has 0 unspecified atom stereocenters. The number of carbonyl (C=O) groups excluding carboxylic acids is 1. The first-order chi connectivity index (χ1) is 12.8. The number of rotatable bonds is 2. The molecule has 9 heteroatoms. The number of hydrogen-bond donors (Lipinski definition) is 0. The predicted molar refractivity (Wildman–Crippen MR) is 92.6 cm³/mol. The third-order valence-electron chi connectivity index (χ3n) is 5.25. The Balaban J connectivity index is 1.42. The van der Waals surface area contributed by atoms with Crippen molar-refractivity contribution in [1.29, 1.82) is 0 Å². The first-order valence-electron chi connectivity index (χ1n) is 8.78. The van der Waals surface area contributed by atoms with Crippen molar-refractivity contribution >= 4 is 17.5 Å². The summed E-state index contributed by atoms with van der Waals surface area (Å²) < 4.78 is 1.56. The molecule has 0 N–H and O–H groups in total. The summed E-state index contributed by atoms with van der Waals surface area (Å²) in [5, 5.41) is 11.4. The minimum absolute atomic E-state index is 0.0426. The summed E-state index contributed by atoms with van der Waals surface area (Å²) >= 11 is 0. The van der Waals surface area contributed by atoms with Crippen LogP contribution in [-0.2, 0) is 0 Å². The number of nitrogens with zero attached hydrogens (tertiary/aromatic N) is 8. The highest BCUT2D eigenvalue weighted by atomic mass is 16.2. The highest BCUT2D eigenvalue weighted by Gasteiger charge is 2.38. The summed E-state index contributed by atoms with van der Waals surface area (Å²) in [6.07, 6.45) is 7.39. The maximum Gasteiger partial charge on any atom is 0.254 e. The molecule has 0 radical (unpaired) electrons. The van der Waals surface area contributed by atoms with Gasteiger partial charge in [0, 0.05) is 49.8 Å². The second-order valence-electron chi connectivity index (χ2n) is 6.91. The molecular formula is C17H18N8O. The lowest BCUT2D eigenvalue weighted by Crippen LogP contribution is -2.47. The Morgan fingerprint density at radius 2 is 2.00 bits per heavy atom. The maximum absolute atomic E-state index is 13.1. The first kappa shape index (κ1) is 15.2. The van der Waals surface area contributed by atoms with E-state index in [4.69, 9.17) is 0 Å². The smallest absolute Gasteiger partial charge is 0.254 e. The van der Waals surface area contributed by atoms with E-state index in [1.165, 1.54) is 0 Å². The van der Waals surface area contributed by atoms with Crippen molar-refractivity contribution in [3.05, 3.63) is 42.4 Å². The van der Waals surface area contributed by atoms with Gasteiger partial charge in [0.15, 0.2) is 5.65 Å². The van der Waals surface area contributed by atoms with Gasteiger partial charge >= 0.3 is 0 Å². The number of pyridine rings is 1. The predicted octanol–water partition coefficient (Wildman–Crippen LogP) is 0.655. The molecule has 3 aromatic heterocycles. The van der Waals surface area contributed by atoms with Crippen LogP contribution in [0.3, 0.4) is 0 Å². The van der Waals surface area contributed by atoms with Crippen LogP contribution >= 0.6 is 0 Å². The number of piperidine rings is 1. The van der Waals surface area contributed by atoms with Gasteiger partial charge in [-0.05, 0) is 47.4 Å². The van der Waals surface area contributed by atoms with Crippen LogP contribution in [0.1, 0.15) is 23.2 Å². The summed E-state index contributed by atoms with van der Waals surface area (Å²) in [5.74, 6) is 1.22. The molecule has 2 atom stereocenters. The number of anilines is 1. The fourth-order valence-corrected chi connectivity index (χ4v) is 3.99. The molecule has 1 amide bonds. The topological polar surface area (TPSA) is 92.4 Å². The van der Waals surface area contributed by atoms with Crippen LogP contribution in [0.5, 0.6) is 0 Å². The number of amides is 1. The molecular weight excluding hydrogens is 332 g/mol. The van der Waals surface area contributed by atoms with Gasteiger partial charge in [-0.15, -0.1) is 5.10 Å². The van der Waals surface area contributed by atoms with Crippen molar-refractivity contribution in [3.63, 3.8) is 0 Å². The molecule has 6 rings (SSSR count). The van der Waals surface area contributed by atoms with Gasteiger partial charge in [-0.25, -0.2) is 14.5 Å². The van der Waals surface area contributed by atoms with Crippen molar-refractivity contribution in [2.45, 2.75) is 18.9 Å². The van der Waals surface area contributed by atoms with Gasteiger partial charge in [-0.2, -0.15) is 0 Å². The second kappa shape index (κ2) is 6.01. The van der Waals surface area contributed by atoms with E-state index in [1.807, 2.05) is 11.0 Å². The number of carbonyl (C=O) groups is 1. The Morgan fingerprint density at radius 1 is 1.12 bits per heavy atom. The highest BCUT2D eigenvalue weighted by Crippen LogP contribution is 2.30. The average molecular weight is 350 g/mol. The zero-order valence-corrected chi connectivity index (χ0v) is 14.1. The van der Waals surface area contributed by atoms with Gasteiger partial charge in [0.25, 0.3) is 5.91 Å². The normalized spacial score (nSPS) is 22.6. The molecule has 0 spiro atoms. The van der Waals surface area contributed by atoms with E-state index in [0.717, 1.165) is 38.4 Å². The lowest BCUT2D eigenvalue weighted by molar-refractivity contribution is 0.0592. The third-order valence-corrected chi connectivity index (χ3v) is 5.25. The van der Waals surface area contributed by atoms with Crippen LogP contribution in [0.2, 0.25) is 0 Å². The van der Waals surface area contributed by atoms with Gasteiger partial charge in [0.2, 0.25) is 5.95 Å². The van der Waals surface area contributed by atoms with Crippen molar-refractivity contribution < 1.29 is 4.79 Å². The SMILES string of the molecule is O=C(c1ccn2nnnc2c1)N1C[C@H]2CC[C@@H]1CN(c1ncccn1)C2. The minimum atomic E-state index is 0.0426. The molecule has 2 bridgehead atoms. The fourth-order valence-electron chi connectivity index (χ4n) is 3.99. The lowest BCUT2D eigenvalue weighted by Gasteiger charge is -2.36. The minimum Gasteiger partial charge on any atom is -0.338 e. The van der Waals surface area contributed by atoms with E-state index >= 15 is 0 Å². The molecule has 9 nitrogen and oxygen atoms in total. The summed E-state index contributed by atoms with van der Waals surface area (Å²) in [6.45, 7) is 2.42. The Hall–Kier alpha value is -3.10. The van der Waals surface area contributed by atoms with Crippen LogP contribution < -0.4 is 4.90 Å². The molecule has 3 fully saturated rings. The molecule has 132 valence electrons. The van der Waals surface area contributed by atoms with E-state index < -0.39 is 0 Å². The molecule has 3 aliphatic rings. The monoisotopic (exact) mass is 350 g/mol. The van der Waals surface area contributed by atoms with Gasteiger partial charge < -0.3 is 9.80 Å². The number of aromatic nitrogens is 6. The van der Waals surface area contributed by atoms with Crippen LogP contribution in [0.4, 0.5) is 5.95 Å². The van der Waals surface area contributed by atoms with Crippen molar-refractivity contribution in [2.24, 2.45) is 5.92 Å². The standard InChI is InChI=1S/C17H18N8O/c26-16(13-4-7-25-15(8-13)20-21-22-25)24-10-12-2-3-14(24)11-23(9-12)17-18-5-1-6-19-17/h1,4-8,12,14H,2-3,9-11H2/t12-,14+/m0/s1. The molecule has 3 aliphatic heterocycles. The van der Waals surface area contributed by atoms with E-state index in [9.17, 15) is 4.79 Å². The zero-order chi connectivity index (χ0) is 17.5. The fraction of sp³-hybridized carbons (Fsp3) is 0.412. The summed E-state index contributed by atoms with van der Waals surface area (Å²) in [4.78, 5) is 26.1. The lowest BCUT2D eigenvalue weighted by atomic mass is 9.94. The Kier molecular flexibility index (Phi) is 3.51. The quantitative estimate of drug-likeness (QED) is 0.670. The van der Waals surface area contributed by atoms with Gasteiger partial charge in [0.05, 0.1) is 0 Å². The summed E-state index contributed by atoms with van der Waals surface area (Å²) in [6, 6.07) is 5.51. The number of fused-ring (bicyclic) bond motifs is 5. The largest absolute Gasteiger partial charge is 0.338 e. The highest BCUT2D eigenvalue weighted by molar-refractivity contribution is 5.95. The zero-order valence-electron chi connectivity index (χ0n) is 14.1. The Labute approximate surface area is 149 Å². The Morgan fingerprint density at radius 3 is 2.88 bits per heavy atom. The van der Waals surface area contributed by atoms with Crippen LogP contribution in [0.25, 0.3) is 5.65 Å². The first-order valence-corrected chi connectivity index (χ1v) is 8.78. The van der Waals surface area contributed by atoms with Gasteiger partial charge in [0.1, 0.15) is 0 Å². The van der Waals surface area contributed by atoms with E-state index in [2.05, 4.69) is 30.4 Å². The molecule has 6 heterocycles. The summed E-state index contributed by atoms with van der Waals surface area (Å²) in [7, 11) is 0. The van der Waals surface area contributed by atoms with Gasteiger partial charge in [-0.1, -0.05) is 0 Å². The average Bonchev–Trinajstić information content (AvgIpc) is 2.97. The third kappa shape index (κ3) is 2.56. The van der Waals surface area contributed by atoms with E-state index in [-0.39, 0.29) is 11.9 Å². The molecule has 0 saturated carbocycles. The summed E-state index contributed by atoms with van der Waals surface area (Å²) in [5.41, 5.74) is 1.21. The second-order valence-corrected chi connectivity index (χ2v) is 6.91. The maximum atomic E-state index is 13.1. The molecule has 3 saturated heterocycles. The van der Waals surface area contributed by atoms with Crippen molar-refractivity contribution in [1.82, 2.24) is 34.9 Å². The van der Waals surface area contributed by atoms with Crippen LogP contribution in [-0.4, -0.2) is 66.5 Å². The molecule has 0 aliphatic carbocycles. The van der Waals surface area contributed by atoms with Crippen molar-refractivity contribution in [2.75, 3.05) is 24.5 Å². The molecule has 3 aromatic rings. The molecule has 26 heavy (non-hydrogen) atoms. The number of tetrazole rings is 1. The van der Waals surface area contributed by atoms with E-state index in [0.29, 0.717) is 17.1 Å². The van der Waals surface area contributed by atoms with Crippen LogP contribution in [0.15, 0.2) is 36.8 Å². The van der Waals surface area contributed by atoms with Crippen LogP contribution in [0, 0.1) is 5.92 Å². The number of hydrogen-bond acceptors (Lipinski definition) is 7. The molecule has 0 aromatic carbocycles. The van der Waals surface area contributed by atoms with Gasteiger partial charge in [-0.3, -0.25) is 4.79 Å².